The number of carbonyl (C=O) groups is 1. The molecule has 82 valence electrons. The molecule has 1 aromatic rings. The molecule has 1 unspecified atom stereocenters. The predicted molar refractivity (Wildman–Crippen MR) is 57.6 cm³/mol. The summed E-state index contributed by atoms with van der Waals surface area (Å²) in [6.45, 7) is 3.75. The predicted octanol–water partition coefficient (Wildman–Crippen LogP) is 1.10. The van der Waals surface area contributed by atoms with Gasteiger partial charge in [-0.1, -0.05) is 0 Å². The van der Waals surface area contributed by atoms with Crippen LogP contribution in [0.5, 0.6) is 0 Å². The summed E-state index contributed by atoms with van der Waals surface area (Å²) < 4.78 is 5.16. The summed E-state index contributed by atoms with van der Waals surface area (Å²) in [4.78, 5) is 15.9. The number of carbonyl (C=O) groups excluding carboxylic acids is 1. The van der Waals surface area contributed by atoms with E-state index in [0.717, 1.165) is 17.1 Å². The number of amides is 1. The van der Waals surface area contributed by atoms with Crippen LogP contribution in [0.3, 0.4) is 0 Å². The number of aryl methyl sites for hydroxylation is 1. The van der Waals surface area contributed by atoms with Gasteiger partial charge < -0.3 is 10.1 Å². The quantitative estimate of drug-likeness (QED) is 0.839. The largest absolute Gasteiger partial charge is 0.381 e. The second-order valence-electron chi connectivity index (χ2n) is 3.66. The second-order valence-corrected chi connectivity index (χ2v) is 4.60. The molecule has 2 heterocycles. The van der Waals surface area contributed by atoms with E-state index in [-0.39, 0.29) is 11.8 Å². The molecule has 1 amide bonds. The van der Waals surface area contributed by atoms with Gasteiger partial charge in [-0.3, -0.25) is 4.79 Å². The van der Waals surface area contributed by atoms with Crippen LogP contribution in [0.2, 0.25) is 0 Å². The van der Waals surface area contributed by atoms with Gasteiger partial charge in [0.1, 0.15) is 5.01 Å². The monoisotopic (exact) mass is 226 g/mol. The molecule has 0 aromatic carbocycles. The van der Waals surface area contributed by atoms with Gasteiger partial charge in [0, 0.05) is 17.7 Å². The van der Waals surface area contributed by atoms with Crippen molar-refractivity contribution < 1.29 is 9.53 Å². The van der Waals surface area contributed by atoms with Crippen LogP contribution in [0, 0.1) is 12.8 Å². The molecule has 0 bridgehead atoms. The number of nitrogens with zero attached hydrogens (tertiary/aromatic N) is 1. The highest BCUT2D eigenvalue weighted by molar-refractivity contribution is 7.09. The van der Waals surface area contributed by atoms with Crippen LogP contribution in [0.25, 0.3) is 0 Å². The Balaban J connectivity index is 1.80. The maximum Gasteiger partial charge on any atom is 0.225 e. The molecule has 0 spiro atoms. The van der Waals surface area contributed by atoms with E-state index in [9.17, 15) is 4.79 Å². The molecule has 5 heteroatoms. The highest BCUT2D eigenvalue weighted by Gasteiger charge is 2.23. The third-order valence-corrected chi connectivity index (χ3v) is 3.35. The zero-order chi connectivity index (χ0) is 10.7. The Kier molecular flexibility index (Phi) is 3.33. The Hall–Kier alpha value is -0.940. The van der Waals surface area contributed by atoms with Crippen molar-refractivity contribution in [2.45, 2.75) is 19.9 Å². The molecule has 1 aliphatic rings. The molecular weight excluding hydrogens is 212 g/mol. The molecule has 2 rings (SSSR count). The van der Waals surface area contributed by atoms with Gasteiger partial charge in [0.2, 0.25) is 5.91 Å². The molecule has 1 aromatic heterocycles. The van der Waals surface area contributed by atoms with E-state index in [1.54, 1.807) is 11.3 Å². The number of thiazole rings is 1. The minimum atomic E-state index is 0.0334. The minimum Gasteiger partial charge on any atom is -0.381 e. The van der Waals surface area contributed by atoms with E-state index in [2.05, 4.69) is 10.3 Å². The second kappa shape index (κ2) is 4.72. The number of aromatic nitrogens is 1. The number of hydrogen-bond acceptors (Lipinski definition) is 4. The normalized spacial score (nSPS) is 20.5. The Morgan fingerprint density at radius 2 is 2.67 bits per heavy atom. The van der Waals surface area contributed by atoms with Gasteiger partial charge in [0.15, 0.2) is 0 Å². The Morgan fingerprint density at radius 3 is 3.27 bits per heavy atom. The molecular formula is C10H14N2O2S. The fraction of sp³-hybridized carbons (Fsp3) is 0.600. The van der Waals surface area contributed by atoms with Crippen molar-refractivity contribution in [1.29, 1.82) is 0 Å². The number of rotatable bonds is 3. The lowest BCUT2D eigenvalue weighted by atomic mass is 10.1. The van der Waals surface area contributed by atoms with Crippen molar-refractivity contribution in [3.63, 3.8) is 0 Å². The molecule has 0 radical (unpaired) electrons. The lowest BCUT2D eigenvalue weighted by Crippen LogP contribution is -2.30. The number of ether oxygens (including phenoxy) is 1. The average molecular weight is 226 g/mol. The zero-order valence-corrected chi connectivity index (χ0v) is 9.47. The third-order valence-electron chi connectivity index (χ3n) is 2.38. The van der Waals surface area contributed by atoms with Gasteiger partial charge >= 0.3 is 0 Å². The van der Waals surface area contributed by atoms with Crippen molar-refractivity contribution in [3.8, 4) is 0 Å². The molecule has 1 fully saturated rings. The van der Waals surface area contributed by atoms with Crippen LogP contribution in [0.1, 0.15) is 17.1 Å². The zero-order valence-electron chi connectivity index (χ0n) is 8.66. The Morgan fingerprint density at radius 1 is 1.80 bits per heavy atom. The molecule has 15 heavy (non-hydrogen) atoms. The van der Waals surface area contributed by atoms with Crippen LogP contribution < -0.4 is 5.32 Å². The summed E-state index contributed by atoms with van der Waals surface area (Å²) in [5, 5.41) is 5.83. The first-order valence-electron chi connectivity index (χ1n) is 5.02. The summed E-state index contributed by atoms with van der Waals surface area (Å²) >= 11 is 1.58. The average Bonchev–Trinajstić information content (AvgIpc) is 2.84. The molecule has 1 aliphatic heterocycles. The maximum absolute atomic E-state index is 11.6. The van der Waals surface area contributed by atoms with Crippen molar-refractivity contribution >= 4 is 17.2 Å². The SMILES string of the molecule is Cc1csc(CNC(=O)C2CCOC2)n1. The molecule has 1 atom stereocenters. The van der Waals surface area contributed by atoms with Crippen molar-refractivity contribution in [2.24, 2.45) is 5.92 Å². The highest BCUT2D eigenvalue weighted by Crippen LogP contribution is 2.13. The molecule has 4 nitrogen and oxygen atoms in total. The highest BCUT2D eigenvalue weighted by atomic mass is 32.1. The van der Waals surface area contributed by atoms with E-state index in [1.165, 1.54) is 0 Å². The van der Waals surface area contributed by atoms with Gasteiger partial charge in [-0.05, 0) is 13.3 Å². The summed E-state index contributed by atoms with van der Waals surface area (Å²) in [5.41, 5.74) is 1.01. The molecule has 1 N–H and O–H groups in total. The van der Waals surface area contributed by atoms with Crippen molar-refractivity contribution in [3.05, 3.63) is 16.1 Å². The maximum atomic E-state index is 11.6. The lowest BCUT2D eigenvalue weighted by Gasteiger charge is -2.07. The van der Waals surface area contributed by atoms with Gasteiger partial charge in [0.25, 0.3) is 0 Å². The van der Waals surface area contributed by atoms with E-state index in [0.29, 0.717) is 19.8 Å². The van der Waals surface area contributed by atoms with Crippen molar-refractivity contribution in [1.82, 2.24) is 10.3 Å². The summed E-state index contributed by atoms with van der Waals surface area (Å²) in [6.07, 6.45) is 0.836. The van der Waals surface area contributed by atoms with Crippen LogP contribution in [-0.4, -0.2) is 24.1 Å². The topological polar surface area (TPSA) is 51.2 Å². The van der Waals surface area contributed by atoms with Crippen molar-refractivity contribution in [2.75, 3.05) is 13.2 Å². The fourth-order valence-corrected chi connectivity index (χ4v) is 2.24. The van der Waals surface area contributed by atoms with Gasteiger partial charge in [0.05, 0.1) is 19.1 Å². The minimum absolute atomic E-state index is 0.0334. The van der Waals surface area contributed by atoms with E-state index >= 15 is 0 Å². The third kappa shape index (κ3) is 2.76. The van der Waals surface area contributed by atoms with Crippen LogP contribution in [0.4, 0.5) is 0 Å². The Bertz CT molecular complexity index is 345. The van der Waals surface area contributed by atoms with E-state index in [4.69, 9.17) is 4.74 Å². The number of nitrogens with one attached hydrogen (secondary N) is 1. The first-order chi connectivity index (χ1) is 7.25. The van der Waals surface area contributed by atoms with Crippen LogP contribution in [-0.2, 0) is 16.1 Å². The van der Waals surface area contributed by atoms with E-state index < -0.39 is 0 Å². The molecule has 0 aliphatic carbocycles. The lowest BCUT2D eigenvalue weighted by molar-refractivity contribution is -0.125. The van der Waals surface area contributed by atoms with Gasteiger partial charge in [-0.2, -0.15) is 0 Å². The van der Waals surface area contributed by atoms with Gasteiger partial charge in [-0.25, -0.2) is 4.98 Å². The van der Waals surface area contributed by atoms with E-state index in [1.807, 2.05) is 12.3 Å². The summed E-state index contributed by atoms with van der Waals surface area (Å²) in [5.74, 6) is 0.117. The molecule has 1 saturated heterocycles. The fourth-order valence-electron chi connectivity index (χ4n) is 1.53. The van der Waals surface area contributed by atoms with Crippen LogP contribution in [0.15, 0.2) is 5.38 Å². The number of hydrogen-bond donors (Lipinski definition) is 1. The molecule has 0 saturated carbocycles. The first kappa shape index (κ1) is 10.6. The first-order valence-corrected chi connectivity index (χ1v) is 5.90. The smallest absolute Gasteiger partial charge is 0.225 e. The van der Waals surface area contributed by atoms with Crippen LogP contribution >= 0.6 is 11.3 Å². The summed E-state index contributed by atoms with van der Waals surface area (Å²) in [6, 6.07) is 0. The van der Waals surface area contributed by atoms with Gasteiger partial charge in [-0.15, -0.1) is 11.3 Å². The standard InChI is InChI=1S/C10H14N2O2S/c1-7-6-15-9(12-7)4-11-10(13)8-2-3-14-5-8/h6,8H,2-5H2,1H3,(H,11,13). The Labute approximate surface area is 92.7 Å². The summed E-state index contributed by atoms with van der Waals surface area (Å²) in [7, 11) is 0.